The molecule has 0 spiro atoms. The van der Waals surface area contributed by atoms with Gasteiger partial charge in [-0.25, -0.2) is 0 Å². The molecule has 0 radical (unpaired) electrons. The van der Waals surface area contributed by atoms with E-state index in [9.17, 15) is 0 Å². The number of furan rings is 1. The summed E-state index contributed by atoms with van der Waals surface area (Å²) in [6.45, 7) is 2.75. The van der Waals surface area contributed by atoms with E-state index in [1.165, 1.54) is 0 Å². The van der Waals surface area contributed by atoms with E-state index in [2.05, 4.69) is 5.32 Å². The van der Waals surface area contributed by atoms with Crippen LogP contribution in [0.5, 0.6) is 11.5 Å². The molecule has 1 heterocycles. The van der Waals surface area contributed by atoms with Gasteiger partial charge in [0.2, 0.25) is 0 Å². The van der Waals surface area contributed by atoms with Crippen LogP contribution in [0.15, 0.2) is 28.7 Å². The van der Waals surface area contributed by atoms with Crippen LogP contribution in [-0.4, -0.2) is 20.8 Å². The quantitative estimate of drug-likeness (QED) is 0.857. The molecule has 0 aliphatic carbocycles. The van der Waals surface area contributed by atoms with E-state index >= 15 is 0 Å². The standard InChI is InChI=1S/C15H17Cl2NO3/c1-4-18-14(11-7-8-12(16)21-11)9-5-6-10(19-2)13(17)15(9)20-3/h5-8,14,18H,4H2,1-3H3. The SMILES string of the molecule is CCNC(c1ccc(Cl)o1)c1ccc(OC)c(Cl)c1OC. The highest BCUT2D eigenvalue weighted by atomic mass is 35.5. The molecule has 0 fully saturated rings. The molecule has 4 nitrogen and oxygen atoms in total. The number of ether oxygens (including phenoxy) is 2. The zero-order valence-electron chi connectivity index (χ0n) is 12.1. The Labute approximate surface area is 133 Å². The minimum atomic E-state index is -0.208. The summed E-state index contributed by atoms with van der Waals surface area (Å²) in [5, 5.41) is 4.10. The van der Waals surface area contributed by atoms with Gasteiger partial charge in [-0.1, -0.05) is 18.5 Å². The summed E-state index contributed by atoms with van der Waals surface area (Å²) in [7, 11) is 3.14. The van der Waals surface area contributed by atoms with Gasteiger partial charge in [-0.05, 0) is 42.4 Å². The monoisotopic (exact) mass is 329 g/mol. The zero-order chi connectivity index (χ0) is 15.4. The molecule has 0 aliphatic rings. The molecule has 6 heteroatoms. The smallest absolute Gasteiger partial charge is 0.193 e. The van der Waals surface area contributed by atoms with Crippen LogP contribution in [0.25, 0.3) is 0 Å². The molecule has 1 atom stereocenters. The zero-order valence-corrected chi connectivity index (χ0v) is 13.6. The molecule has 1 aromatic heterocycles. The molecule has 114 valence electrons. The van der Waals surface area contributed by atoms with Crippen LogP contribution in [0.3, 0.4) is 0 Å². The molecule has 0 aliphatic heterocycles. The lowest BCUT2D eigenvalue weighted by molar-refractivity contribution is 0.382. The van der Waals surface area contributed by atoms with Crippen LogP contribution in [0, 0.1) is 0 Å². The molecule has 1 aromatic carbocycles. The van der Waals surface area contributed by atoms with Gasteiger partial charge >= 0.3 is 0 Å². The fraction of sp³-hybridized carbons (Fsp3) is 0.333. The first kappa shape index (κ1) is 16.0. The van der Waals surface area contributed by atoms with E-state index < -0.39 is 0 Å². The third kappa shape index (κ3) is 3.28. The van der Waals surface area contributed by atoms with E-state index in [-0.39, 0.29) is 6.04 Å². The van der Waals surface area contributed by atoms with E-state index in [0.29, 0.717) is 27.5 Å². The molecule has 2 aromatic rings. The van der Waals surface area contributed by atoms with Gasteiger partial charge in [0.25, 0.3) is 0 Å². The molecule has 0 saturated heterocycles. The first-order valence-electron chi connectivity index (χ1n) is 6.51. The Bertz CT molecular complexity index is 613. The molecule has 21 heavy (non-hydrogen) atoms. The highest BCUT2D eigenvalue weighted by Gasteiger charge is 2.24. The average molecular weight is 330 g/mol. The third-order valence-electron chi connectivity index (χ3n) is 3.11. The van der Waals surface area contributed by atoms with Crippen molar-refractivity contribution in [2.24, 2.45) is 0 Å². The second kappa shape index (κ2) is 7.07. The third-order valence-corrected chi connectivity index (χ3v) is 3.67. The second-order valence-electron chi connectivity index (χ2n) is 4.34. The summed E-state index contributed by atoms with van der Waals surface area (Å²) in [5.74, 6) is 1.81. The van der Waals surface area contributed by atoms with E-state index in [1.54, 1.807) is 26.4 Å². The highest BCUT2D eigenvalue weighted by molar-refractivity contribution is 6.33. The number of hydrogen-bond acceptors (Lipinski definition) is 4. The fourth-order valence-corrected chi connectivity index (χ4v) is 2.68. The van der Waals surface area contributed by atoms with E-state index in [4.69, 9.17) is 37.1 Å². The minimum absolute atomic E-state index is 0.208. The van der Waals surface area contributed by atoms with E-state index in [1.807, 2.05) is 19.1 Å². The van der Waals surface area contributed by atoms with Crippen LogP contribution in [0.4, 0.5) is 0 Å². The normalized spacial score (nSPS) is 12.2. The van der Waals surface area contributed by atoms with Crippen molar-refractivity contribution in [3.63, 3.8) is 0 Å². The summed E-state index contributed by atoms with van der Waals surface area (Å²) in [6, 6.07) is 7.02. The Balaban J connectivity index is 2.52. The number of methoxy groups -OCH3 is 2. The van der Waals surface area contributed by atoms with Crippen molar-refractivity contribution < 1.29 is 13.9 Å². The van der Waals surface area contributed by atoms with E-state index in [0.717, 1.165) is 12.1 Å². The minimum Gasteiger partial charge on any atom is -0.495 e. The van der Waals surface area contributed by atoms with Gasteiger partial charge in [-0.3, -0.25) is 0 Å². The van der Waals surface area contributed by atoms with Crippen molar-refractivity contribution in [2.75, 3.05) is 20.8 Å². The summed E-state index contributed by atoms with van der Waals surface area (Å²) in [5.41, 5.74) is 0.858. The van der Waals surface area contributed by atoms with Gasteiger partial charge in [-0.2, -0.15) is 0 Å². The van der Waals surface area contributed by atoms with Crippen molar-refractivity contribution in [3.05, 3.63) is 45.8 Å². The van der Waals surface area contributed by atoms with Crippen molar-refractivity contribution >= 4 is 23.2 Å². The number of halogens is 2. The predicted octanol–water partition coefficient (Wildman–Crippen LogP) is 4.30. The lowest BCUT2D eigenvalue weighted by Gasteiger charge is -2.20. The van der Waals surface area contributed by atoms with Crippen molar-refractivity contribution in [1.82, 2.24) is 5.32 Å². The largest absolute Gasteiger partial charge is 0.495 e. The number of nitrogens with one attached hydrogen (secondary N) is 1. The van der Waals surface area contributed by atoms with Crippen LogP contribution >= 0.6 is 23.2 Å². The fourth-order valence-electron chi connectivity index (χ4n) is 2.20. The Morgan fingerprint density at radius 2 is 1.90 bits per heavy atom. The maximum absolute atomic E-state index is 6.32. The molecule has 2 rings (SSSR count). The molecule has 1 unspecified atom stereocenters. The van der Waals surface area contributed by atoms with Crippen LogP contribution in [-0.2, 0) is 0 Å². The summed E-state index contributed by atoms with van der Waals surface area (Å²) >= 11 is 12.2. The molecule has 0 amide bonds. The summed E-state index contributed by atoms with van der Waals surface area (Å²) < 4.78 is 16.2. The highest BCUT2D eigenvalue weighted by Crippen LogP contribution is 2.41. The first-order valence-corrected chi connectivity index (χ1v) is 7.26. The average Bonchev–Trinajstić information content (AvgIpc) is 2.91. The molecular formula is C15H17Cl2NO3. The molecule has 1 N–H and O–H groups in total. The van der Waals surface area contributed by atoms with Crippen molar-refractivity contribution in [2.45, 2.75) is 13.0 Å². The Morgan fingerprint density at radius 3 is 2.43 bits per heavy atom. The predicted molar refractivity (Wildman–Crippen MR) is 83.8 cm³/mol. The number of rotatable bonds is 6. The molecular weight excluding hydrogens is 313 g/mol. The van der Waals surface area contributed by atoms with Crippen LogP contribution in [0.2, 0.25) is 10.2 Å². The molecule has 0 bridgehead atoms. The molecule has 0 saturated carbocycles. The van der Waals surface area contributed by atoms with Gasteiger partial charge in [0.15, 0.2) is 5.22 Å². The Kier molecular flexibility index (Phi) is 5.39. The van der Waals surface area contributed by atoms with Gasteiger partial charge in [0, 0.05) is 5.56 Å². The van der Waals surface area contributed by atoms with Gasteiger partial charge in [-0.15, -0.1) is 0 Å². The maximum Gasteiger partial charge on any atom is 0.193 e. The summed E-state index contributed by atoms with van der Waals surface area (Å²) in [4.78, 5) is 0. The number of benzene rings is 1. The topological polar surface area (TPSA) is 43.6 Å². The van der Waals surface area contributed by atoms with Crippen molar-refractivity contribution in [1.29, 1.82) is 0 Å². The second-order valence-corrected chi connectivity index (χ2v) is 5.09. The van der Waals surface area contributed by atoms with Crippen LogP contribution in [0.1, 0.15) is 24.3 Å². The lowest BCUT2D eigenvalue weighted by atomic mass is 10.0. The van der Waals surface area contributed by atoms with Crippen molar-refractivity contribution in [3.8, 4) is 11.5 Å². The lowest BCUT2D eigenvalue weighted by Crippen LogP contribution is -2.22. The maximum atomic E-state index is 6.32. The van der Waals surface area contributed by atoms with Gasteiger partial charge < -0.3 is 19.2 Å². The Morgan fingerprint density at radius 1 is 1.14 bits per heavy atom. The van der Waals surface area contributed by atoms with Crippen LogP contribution < -0.4 is 14.8 Å². The summed E-state index contributed by atoms with van der Waals surface area (Å²) in [6.07, 6.45) is 0. The number of hydrogen-bond donors (Lipinski definition) is 1. The Hall–Kier alpha value is -1.36. The van der Waals surface area contributed by atoms with Gasteiger partial charge in [0.1, 0.15) is 22.3 Å². The first-order chi connectivity index (χ1) is 10.1. The van der Waals surface area contributed by atoms with Gasteiger partial charge in [0.05, 0.1) is 20.3 Å².